The number of amides is 1. The Bertz CT molecular complexity index is 1490. The summed E-state index contributed by atoms with van der Waals surface area (Å²) in [7, 11) is 0. The number of nitrogens with one attached hydrogen (secondary N) is 3. The van der Waals surface area contributed by atoms with Gasteiger partial charge in [0.15, 0.2) is 17.4 Å². The molecule has 1 atom stereocenters. The lowest BCUT2D eigenvalue weighted by molar-refractivity contribution is -0.137. The Balaban J connectivity index is 1.29. The van der Waals surface area contributed by atoms with Crippen LogP contribution in [0.2, 0.25) is 0 Å². The standard InChI is InChI=1S/C21H15F3N8O3/c1-10(27-20(33)15-8-18(26-9-25-15)30-17-4-5-34-32-17)16-7-14(31-35-16)19-28-12-3-2-11(21(22,23)24)6-13(12)29-19/h2-10H,1H3,(H,27,33)(H,28,29)(H,25,26,30,32)/t10-/m1/s1. The molecule has 0 saturated carbocycles. The number of aromatic nitrogens is 6. The first-order valence-corrected chi connectivity index (χ1v) is 10.1. The minimum atomic E-state index is -4.47. The van der Waals surface area contributed by atoms with E-state index in [4.69, 9.17) is 9.05 Å². The molecule has 0 spiro atoms. The predicted molar refractivity (Wildman–Crippen MR) is 114 cm³/mol. The van der Waals surface area contributed by atoms with E-state index in [1.807, 2.05) is 0 Å². The number of hydrogen-bond acceptors (Lipinski definition) is 9. The number of halogens is 3. The topological polar surface area (TPSA) is 148 Å². The summed E-state index contributed by atoms with van der Waals surface area (Å²) < 4.78 is 48.9. The lowest BCUT2D eigenvalue weighted by Crippen LogP contribution is -2.27. The number of rotatable bonds is 6. The molecule has 0 saturated heterocycles. The van der Waals surface area contributed by atoms with Gasteiger partial charge in [0.05, 0.1) is 22.6 Å². The van der Waals surface area contributed by atoms with Crippen molar-refractivity contribution in [2.75, 3.05) is 5.32 Å². The Morgan fingerprint density at radius 3 is 2.71 bits per heavy atom. The third kappa shape index (κ3) is 4.66. The number of anilines is 2. The molecule has 35 heavy (non-hydrogen) atoms. The molecule has 0 aliphatic rings. The zero-order valence-electron chi connectivity index (χ0n) is 17.8. The summed E-state index contributed by atoms with van der Waals surface area (Å²) in [5, 5.41) is 13.2. The van der Waals surface area contributed by atoms with Gasteiger partial charge < -0.3 is 24.7 Å². The zero-order chi connectivity index (χ0) is 24.6. The maximum Gasteiger partial charge on any atom is 0.416 e. The number of carbonyl (C=O) groups excluding carboxylic acids is 1. The fraction of sp³-hybridized carbons (Fsp3) is 0.143. The van der Waals surface area contributed by atoms with Crippen LogP contribution in [-0.4, -0.2) is 36.2 Å². The van der Waals surface area contributed by atoms with Crippen LogP contribution < -0.4 is 10.6 Å². The van der Waals surface area contributed by atoms with Crippen molar-refractivity contribution in [1.29, 1.82) is 0 Å². The molecule has 5 rings (SSSR count). The molecule has 178 valence electrons. The van der Waals surface area contributed by atoms with E-state index in [9.17, 15) is 18.0 Å². The van der Waals surface area contributed by atoms with Crippen molar-refractivity contribution in [2.45, 2.75) is 19.1 Å². The largest absolute Gasteiger partial charge is 0.416 e. The van der Waals surface area contributed by atoms with Crippen LogP contribution in [0.15, 0.2) is 58.0 Å². The van der Waals surface area contributed by atoms with Gasteiger partial charge in [0.2, 0.25) is 0 Å². The van der Waals surface area contributed by atoms with Crippen molar-refractivity contribution in [3.63, 3.8) is 0 Å². The molecule has 4 heterocycles. The van der Waals surface area contributed by atoms with Crippen LogP contribution in [-0.2, 0) is 6.18 Å². The summed E-state index contributed by atoms with van der Waals surface area (Å²) in [4.78, 5) is 27.7. The minimum Gasteiger partial charge on any atom is -0.363 e. The van der Waals surface area contributed by atoms with E-state index >= 15 is 0 Å². The fourth-order valence-corrected chi connectivity index (χ4v) is 3.21. The lowest BCUT2D eigenvalue weighted by Gasteiger charge is -2.10. The molecular formula is C21H15F3N8O3. The monoisotopic (exact) mass is 484 g/mol. The van der Waals surface area contributed by atoms with E-state index in [0.29, 0.717) is 22.9 Å². The van der Waals surface area contributed by atoms with Crippen molar-refractivity contribution < 1.29 is 27.0 Å². The predicted octanol–water partition coefficient (Wildman–Crippen LogP) is 4.25. The number of alkyl halides is 3. The summed E-state index contributed by atoms with van der Waals surface area (Å²) in [6, 6.07) is 7.16. The van der Waals surface area contributed by atoms with Gasteiger partial charge in [-0.15, -0.1) is 0 Å². The van der Waals surface area contributed by atoms with Gasteiger partial charge in [-0.25, -0.2) is 15.0 Å². The van der Waals surface area contributed by atoms with Gasteiger partial charge in [-0.2, -0.15) is 13.2 Å². The molecule has 14 heteroatoms. The normalized spacial score (nSPS) is 12.6. The van der Waals surface area contributed by atoms with Crippen molar-refractivity contribution in [3.05, 3.63) is 66.0 Å². The number of nitrogens with zero attached hydrogens (tertiary/aromatic N) is 5. The maximum absolute atomic E-state index is 13.0. The van der Waals surface area contributed by atoms with Gasteiger partial charge in [-0.3, -0.25) is 4.79 Å². The first-order chi connectivity index (χ1) is 16.8. The van der Waals surface area contributed by atoms with Crippen LogP contribution in [0.3, 0.4) is 0 Å². The highest BCUT2D eigenvalue weighted by atomic mass is 19.4. The number of H-pyrrole nitrogens is 1. The highest BCUT2D eigenvalue weighted by Crippen LogP contribution is 2.32. The molecular weight excluding hydrogens is 469 g/mol. The van der Waals surface area contributed by atoms with E-state index < -0.39 is 23.7 Å². The second-order valence-electron chi connectivity index (χ2n) is 7.42. The first kappa shape index (κ1) is 22.1. The smallest absolute Gasteiger partial charge is 0.363 e. The van der Waals surface area contributed by atoms with E-state index in [1.54, 1.807) is 13.0 Å². The van der Waals surface area contributed by atoms with Gasteiger partial charge in [-0.1, -0.05) is 10.3 Å². The third-order valence-corrected chi connectivity index (χ3v) is 4.95. The average molecular weight is 484 g/mol. The Hall–Kier alpha value is -4.75. The van der Waals surface area contributed by atoms with Crippen molar-refractivity contribution in [1.82, 2.24) is 35.6 Å². The summed E-state index contributed by atoms with van der Waals surface area (Å²) >= 11 is 0. The number of imidazole rings is 1. The quantitative estimate of drug-likeness (QED) is 0.322. The zero-order valence-corrected chi connectivity index (χ0v) is 17.8. The molecule has 5 aromatic rings. The Labute approximate surface area is 193 Å². The van der Waals surface area contributed by atoms with E-state index in [-0.39, 0.29) is 22.7 Å². The molecule has 11 nitrogen and oxygen atoms in total. The molecule has 0 aliphatic heterocycles. The SMILES string of the molecule is C[C@@H](NC(=O)c1cc(Nc2ccon2)ncn1)c1cc(-c2nc3ccc(C(F)(F)F)cc3[nH]2)no1. The van der Waals surface area contributed by atoms with Crippen LogP contribution >= 0.6 is 0 Å². The fourth-order valence-electron chi connectivity index (χ4n) is 3.21. The van der Waals surface area contributed by atoms with Crippen molar-refractivity contribution >= 4 is 28.6 Å². The molecule has 0 aliphatic carbocycles. The minimum absolute atomic E-state index is 0.0929. The van der Waals surface area contributed by atoms with Gasteiger partial charge in [0, 0.05) is 18.2 Å². The number of hydrogen-bond donors (Lipinski definition) is 3. The third-order valence-electron chi connectivity index (χ3n) is 4.95. The summed E-state index contributed by atoms with van der Waals surface area (Å²) in [6.45, 7) is 1.67. The van der Waals surface area contributed by atoms with E-state index in [1.165, 1.54) is 30.8 Å². The molecule has 3 N–H and O–H groups in total. The van der Waals surface area contributed by atoms with Gasteiger partial charge in [-0.05, 0) is 25.1 Å². The van der Waals surface area contributed by atoms with Crippen molar-refractivity contribution in [3.8, 4) is 11.5 Å². The van der Waals surface area contributed by atoms with Crippen LogP contribution in [0.1, 0.15) is 34.8 Å². The molecule has 0 radical (unpaired) electrons. The van der Waals surface area contributed by atoms with E-state index in [2.05, 4.69) is 40.9 Å². The first-order valence-electron chi connectivity index (χ1n) is 10.1. The lowest BCUT2D eigenvalue weighted by atomic mass is 10.2. The number of fused-ring (bicyclic) bond motifs is 1. The Morgan fingerprint density at radius 2 is 1.94 bits per heavy atom. The summed E-state index contributed by atoms with van der Waals surface area (Å²) in [5.74, 6) is 0.793. The molecule has 4 aromatic heterocycles. The van der Waals surface area contributed by atoms with Gasteiger partial charge in [0.25, 0.3) is 5.91 Å². The molecule has 0 bridgehead atoms. The van der Waals surface area contributed by atoms with Crippen molar-refractivity contribution in [2.24, 2.45) is 0 Å². The second kappa shape index (κ2) is 8.55. The molecule has 0 unspecified atom stereocenters. The Morgan fingerprint density at radius 1 is 1.09 bits per heavy atom. The Kier molecular flexibility index (Phi) is 5.39. The highest BCUT2D eigenvalue weighted by molar-refractivity contribution is 5.93. The summed E-state index contributed by atoms with van der Waals surface area (Å²) in [5.41, 5.74) is 0.126. The molecule has 1 aromatic carbocycles. The van der Waals surface area contributed by atoms with Crippen LogP contribution in [0, 0.1) is 0 Å². The van der Waals surface area contributed by atoms with Crippen LogP contribution in [0.5, 0.6) is 0 Å². The molecule has 0 fully saturated rings. The number of benzene rings is 1. The average Bonchev–Trinajstić information content (AvgIpc) is 3.58. The highest BCUT2D eigenvalue weighted by Gasteiger charge is 2.31. The second-order valence-corrected chi connectivity index (χ2v) is 7.42. The number of aromatic amines is 1. The number of carbonyl (C=O) groups is 1. The van der Waals surface area contributed by atoms with Gasteiger partial charge in [0.1, 0.15) is 29.8 Å². The maximum atomic E-state index is 13.0. The molecule has 1 amide bonds. The van der Waals surface area contributed by atoms with Crippen LogP contribution in [0.4, 0.5) is 24.8 Å². The summed E-state index contributed by atoms with van der Waals surface area (Å²) in [6.07, 6.45) is -1.86. The van der Waals surface area contributed by atoms with Crippen LogP contribution in [0.25, 0.3) is 22.6 Å². The van der Waals surface area contributed by atoms with E-state index in [0.717, 1.165) is 12.1 Å². The van der Waals surface area contributed by atoms with Gasteiger partial charge >= 0.3 is 6.18 Å².